The smallest absolute Gasteiger partial charge is 0.0290 e. The maximum atomic E-state index is 6.72. The molecule has 3 aliphatic carbocycles. The maximum absolute atomic E-state index is 6.72. The van der Waals surface area contributed by atoms with E-state index < -0.39 is 0 Å². The molecule has 84 valence electrons. The number of nitrogens with two attached hydrogens (primary N) is 1. The van der Waals surface area contributed by atoms with Crippen LogP contribution in [-0.2, 0) is 6.42 Å². The first-order valence-electron chi connectivity index (χ1n) is 6.68. The van der Waals surface area contributed by atoms with Gasteiger partial charge in [0, 0.05) is 11.5 Å². The van der Waals surface area contributed by atoms with Gasteiger partial charge >= 0.3 is 0 Å². The molecule has 3 unspecified atom stereocenters. The Morgan fingerprint density at radius 2 is 1.75 bits per heavy atom. The van der Waals surface area contributed by atoms with Crippen LogP contribution in [0.3, 0.4) is 0 Å². The molecular formula is C15H19N. The lowest BCUT2D eigenvalue weighted by molar-refractivity contribution is 0.419. The van der Waals surface area contributed by atoms with Crippen LogP contribution in [0, 0.1) is 11.8 Å². The van der Waals surface area contributed by atoms with Crippen molar-refractivity contribution in [1.29, 1.82) is 0 Å². The van der Waals surface area contributed by atoms with Crippen LogP contribution in [0.4, 0.5) is 0 Å². The normalized spacial score (nSPS) is 44.2. The Labute approximate surface area is 97.0 Å². The summed E-state index contributed by atoms with van der Waals surface area (Å²) in [6.45, 7) is 0. The second-order valence-corrected chi connectivity index (χ2v) is 5.95. The van der Waals surface area contributed by atoms with Gasteiger partial charge in [-0.3, -0.25) is 0 Å². The van der Waals surface area contributed by atoms with Gasteiger partial charge in [0.2, 0.25) is 0 Å². The Balaban J connectivity index is 1.66. The average Bonchev–Trinajstić information content (AvgIpc) is 2.88. The first-order valence-corrected chi connectivity index (χ1v) is 6.68. The molecule has 1 aromatic carbocycles. The summed E-state index contributed by atoms with van der Waals surface area (Å²) < 4.78 is 0. The number of hydrogen-bond donors (Lipinski definition) is 1. The zero-order valence-electron chi connectivity index (χ0n) is 9.65. The first-order chi connectivity index (χ1) is 7.82. The minimum absolute atomic E-state index is 0.185. The predicted octanol–water partition coefficient (Wildman–Crippen LogP) is 2.84. The Morgan fingerprint density at radius 3 is 2.44 bits per heavy atom. The van der Waals surface area contributed by atoms with Crippen LogP contribution in [0.5, 0.6) is 0 Å². The topological polar surface area (TPSA) is 26.0 Å². The number of rotatable bonds is 1. The van der Waals surface area contributed by atoms with Gasteiger partial charge in [0.05, 0.1) is 0 Å². The van der Waals surface area contributed by atoms with Gasteiger partial charge in [0.15, 0.2) is 0 Å². The van der Waals surface area contributed by atoms with E-state index in [9.17, 15) is 0 Å². The SMILES string of the molecule is NC1(C2Cc3ccccc32)C2CCCCC21. The highest BCUT2D eigenvalue weighted by atomic mass is 14.9. The minimum Gasteiger partial charge on any atom is -0.324 e. The molecular weight excluding hydrogens is 194 g/mol. The summed E-state index contributed by atoms with van der Waals surface area (Å²) in [4.78, 5) is 0. The largest absolute Gasteiger partial charge is 0.324 e. The molecule has 2 saturated carbocycles. The van der Waals surface area contributed by atoms with Gasteiger partial charge < -0.3 is 5.73 Å². The van der Waals surface area contributed by atoms with E-state index in [0.717, 1.165) is 11.8 Å². The van der Waals surface area contributed by atoms with Crippen molar-refractivity contribution >= 4 is 0 Å². The van der Waals surface area contributed by atoms with Gasteiger partial charge in [0.25, 0.3) is 0 Å². The van der Waals surface area contributed by atoms with E-state index in [-0.39, 0.29) is 5.54 Å². The van der Waals surface area contributed by atoms with Gasteiger partial charge in [-0.1, -0.05) is 37.1 Å². The summed E-state index contributed by atoms with van der Waals surface area (Å²) in [5.41, 5.74) is 10.00. The van der Waals surface area contributed by atoms with E-state index in [4.69, 9.17) is 5.73 Å². The van der Waals surface area contributed by atoms with Gasteiger partial charge in [0.1, 0.15) is 0 Å². The molecule has 1 aromatic rings. The van der Waals surface area contributed by atoms with Crippen molar-refractivity contribution < 1.29 is 0 Å². The molecule has 4 rings (SSSR count). The van der Waals surface area contributed by atoms with Gasteiger partial charge in [-0.2, -0.15) is 0 Å². The zero-order valence-corrected chi connectivity index (χ0v) is 9.65. The Kier molecular flexibility index (Phi) is 1.67. The molecule has 2 N–H and O–H groups in total. The van der Waals surface area contributed by atoms with Gasteiger partial charge in [-0.05, 0) is 42.2 Å². The van der Waals surface area contributed by atoms with E-state index in [1.54, 1.807) is 11.1 Å². The molecule has 16 heavy (non-hydrogen) atoms. The summed E-state index contributed by atoms with van der Waals surface area (Å²) in [6, 6.07) is 8.88. The summed E-state index contributed by atoms with van der Waals surface area (Å²) >= 11 is 0. The van der Waals surface area contributed by atoms with E-state index in [1.807, 2.05) is 0 Å². The van der Waals surface area contributed by atoms with Crippen LogP contribution in [0.15, 0.2) is 24.3 Å². The molecule has 0 heterocycles. The lowest BCUT2D eigenvalue weighted by Crippen LogP contribution is -2.40. The Hall–Kier alpha value is -0.820. The molecule has 0 spiro atoms. The fraction of sp³-hybridized carbons (Fsp3) is 0.600. The third-order valence-electron chi connectivity index (χ3n) is 5.40. The second kappa shape index (κ2) is 2.89. The van der Waals surface area contributed by atoms with Crippen molar-refractivity contribution in [2.75, 3.05) is 0 Å². The van der Waals surface area contributed by atoms with E-state index in [0.29, 0.717) is 5.92 Å². The van der Waals surface area contributed by atoms with Crippen molar-refractivity contribution in [1.82, 2.24) is 0 Å². The second-order valence-electron chi connectivity index (χ2n) is 5.95. The maximum Gasteiger partial charge on any atom is 0.0290 e. The average molecular weight is 213 g/mol. The Bertz CT molecular complexity index is 425. The molecule has 1 heteroatoms. The standard InChI is InChI=1S/C15H19N/c16-15(12-7-3-4-8-13(12)15)14-9-10-5-1-2-6-11(10)14/h1-2,5-6,12-14H,3-4,7-9,16H2. The molecule has 0 aromatic heterocycles. The van der Waals surface area contributed by atoms with Crippen LogP contribution in [0.2, 0.25) is 0 Å². The number of fused-ring (bicyclic) bond motifs is 2. The minimum atomic E-state index is 0.185. The Morgan fingerprint density at radius 1 is 1.06 bits per heavy atom. The lowest BCUT2D eigenvalue weighted by atomic mass is 9.71. The monoisotopic (exact) mass is 213 g/mol. The van der Waals surface area contributed by atoms with Crippen molar-refractivity contribution in [3.8, 4) is 0 Å². The molecule has 3 aliphatic rings. The summed E-state index contributed by atoms with van der Waals surface area (Å²) in [7, 11) is 0. The highest BCUT2D eigenvalue weighted by molar-refractivity contribution is 5.46. The fourth-order valence-electron chi connectivity index (χ4n) is 4.44. The quantitative estimate of drug-likeness (QED) is 0.762. The fourth-order valence-corrected chi connectivity index (χ4v) is 4.44. The molecule has 2 fully saturated rings. The van der Waals surface area contributed by atoms with Crippen LogP contribution in [-0.4, -0.2) is 5.54 Å². The van der Waals surface area contributed by atoms with Crippen LogP contribution >= 0.6 is 0 Å². The van der Waals surface area contributed by atoms with Crippen LogP contribution < -0.4 is 5.73 Å². The van der Waals surface area contributed by atoms with Crippen molar-refractivity contribution in [2.45, 2.75) is 43.6 Å². The van der Waals surface area contributed by atoms with Crippen molar-refractivity contribution in [2.24, 2.45) is 17.6 Å². The summed E-state index contributed by atoms with van der Waals surface area (Å²) in [6.07, 6.45) is 6.84. The molecule has 3 atom stereocenters. The molecule has 0 amide bonds. The highest BCUT2D eigenvalue weighted by Gasteiger charge is 2.66. The summed E-state index contributed by atoms with van der Waals surface area (Å²) in [5, 5.41) is 0. The zero-order chi connectivity index (χ0) is 10.8. The molecule has 0 aliphatic heterocycles. The van der Waals surface area contributed by atoms with Gasteiger partial charge in [-0.15, -0.1) is 0 Å². The third kappa shape index (κ3) is 0.958. The molecule has 0 saturated heterocycles. The van der Waals surface area contributed by atoms with E-state index >= 15 is 0 Å². The predicted molar refractivity (Wildman–Crippen MR) is 65.3 cm³/mol. The third-order valence-corrected chi connectivity index (χ3v) is 5.40. The lowest BCUT2D eigenvalue weighted by Gasteiger charge is -2.36. The molecule has 0 radical (unpaired) electrons. The highest BCUT2D eigenvalue weighted by Crippen LogP contribution is 2.65. The van der Waals surface area contributed by atoms with E-state index in [1.165, 1.54) is 32.1 Å². The summed E-state index contributed by atoms with van der Waals surface area (Å²) in [5.74, 6) is 2.37. The van der Waals surface area contributed by atoms with Crippen LogP contribution in [0.25, 0.3) is 0 Å². The first kappa shape index (κ1) is 9.23. The number of benzene rings is 1. The van der Waals surface area contributed by atoms with Crippen LogP contribution in [0.1, 0.15) is 42.7 Å². The molecule has 0 bridgehead atoms. The van der Waals surface area contributed by atoms with E-state index in [2.05, 4.69) is 24.3 Å². The molecule has 1 nitrogen and oxygen atoms in total. The van der Waals surface area contributed by atoms with Crippen molar-refractivity contribution in [3.05, 3.63) is 35.4 Å². The van der Waals surface area contributed by atoms with Crippen molar-refractivity contribution in [3.63, 3.8) is 0 Å². The number of hydrogen-bond acceptors (Lipinski definition) is 1. The van der Waals surface area contributed by atoms with Gasteiger partial charge in [-0.25, -0.2) is 0 Å².